The van der Waals surface area contributed by atoms with Gasteiger partial charge in [-0.3, -0.25) is 4.79 Å². The van der Waals surface area contributed by atoms with Crippen LogP contribution in [0.3, 0.4) is 0 Å². The molecule has 2 rings (SSSR count). The molecule has 0 saturated heterocycles. The van der Waals surface area contributed by atoms with Crippen LogP contribution in [0.5, 0.6) is 5.75 Å². The van der Waals surface area contributed by atoms with E-state index < -0.39 is 11.8 Å². The number of carboxylic acids is 1. The smallest absolute Gasteiger partial charge is 0.377 e. The van der Waals surface area contributed by atoms with Gasteiger partial charge in [0.15, 0.2) is 0 Å². The maximum atomic E-state index is 11.5. The van der Waals surface area contributed by atoms with Crippen LogP contribution in [0.2, 0.25) is 0 Å². The minimum Gasteiger partial charge on any atom is -0.490 e. The predicted octanol–water partition coefficient (Wildman–Crippen LogP) is 2.65. The number of halogens is 1. The minimum absolute atomic E-state index is 0.0961. The van der Waals surface area contributed by atoms with E-state index in [1.54, 1.807) is 12.1 Å². The normalized spacial score (nSPS) is 15.1. The third-order valence-corrected chi connectivity index (χ3v) is 3.22. The summed E-state index contributed by atoms with van der Waals surface area (Å²) in [4.78, 5) is 22.2. The van der Waals surface area contributed by atoms with Gasteiger partial charge in [-0.1, -0.05) is 15.9 Å². The Morgan fingerprint density at radius 1 is 1.35 bits per heavy atom. The zero-order valence-electron chi connectivity index (χ0n) is 8.98. The summed E-state index contributed by atoms with van der Waals surface area (Å²) >= 11 is 3.21. The summed E-state index contributed by atoms with van der Waals surface area (Å²) in [5.74, 6) is -2.06. The van der Waals surface area contributed by atoms with Crippen LogP contribution in [0, 0.1) is 0 Å². The zero-order chi connectivity index (χ0) is 12.4. The van der Waals surface area contributed by atoms with Crippen LogP contribution in [-0.2, 0) is 4.79 Å². The number of hydrogen-bond acceptors (Lipinski definition) is 3. The number of ether oxygens (including phenoxy) is 1. The minimum atomic E-state index is -1.47. The Morgan fingerprint density at radius 3 is 2.59 bits per heavy atom. The van der Waals surface area contributed by atoms with Gasteiger partial charge in [0.25, 0.3) is 5.78 Å². The Morgan fingerprint density at radius 2 is 2.06 bits per heavy atom. The summed E-state index contributed by atoms with van der Waals surface area (Å²) in [7, 11) is 0. The standard InChI is InChI=1S/C12H11BrO4/c13-7-4-5-10(17-8-2-1-3-8)9(6-7)11(14)12(15)16/h4-6,8H,1-3H2,(H,15,16). The molecule has 4 nitrogen and oxygen atoms in total. The van der Waals surface area contributed by atoms with Crippen molar-refractivity contribution >= 4 is 27.7 Å². The topological polar surface area (TPSA) is 63.6 Å². The number of carboxylic acid groups (broad SMARTS) is 1. The number of rotatable bonds is 4. The Labute approximate surface area is 107 Å². The molecule has 0 aliphatic heterocycles. The third kappa shape index (κ3) is 2.66. The van der Waals surface area contributed by atoms with Gasteiger partial charge in [0.05, 0.1) is 11.7 Å². The highest BCUT2D eigenvalue weighted by molar-refractivity contribution is 9.10. The number of hydrogen-bond donors (Lipinski definition) is 1. The summed E-state index contributed by atoms with van der Waals surface area (Å²) < 4.78 is 6.26. The lowest BCUT2D eigenvalue weighted by atomic mass is 9.96. The fraction of sp³-hybridized carbons (Fsp3) is 0.333. The molecular formula is C12H11BrO4. The second-order valence-electron chi connectivity index (χ2n) is 3.95. The zero-order valence-corrected chi connectivity index (χ0v) is 10.6. The van der Waals surface area contributed by atoms with E-state index in [2.05, 4.69) is 15.9 Å². The average Bonchev–Trinajstić information content (AvgIpc) is 2.23. The van der Waals surface area contributed by atoms with Crippen LogP contribution >= 0.6 is 15.9 Å². The van der Waals surface area contributed by atoms with Gasteiger partial charge in [0.2, 0.25) is 0 Å². The van der Waals surface area contributed by atoms with Crippen LogP contribution < -0.4 is 4.74 Å². The maximum Gasteiger partial charge on any atom is 0.377 e. The van der Waals surface area contributed by atoms with E-state index in [0.29, 0.717) is 10.2 Å². The quantitative estimate of drug-likeness (QED) is 0.685. The summed E-state index contributed by atoms with van der Waals surface area (Å²) in [6.45, 7) is 0. The lowest BCUT2D eigenvalue weighted by Gasteiger charge is -2.27. The molecule has 0 atom stereocenters. The lowest BCUT2D eigenvalue weighted by molar-refractivity contribution is -0.131. The van der Waals surface area contributed by atoms with Gasteiger partial charge in [0, 0.05) is 4.47 Å². The van der Waals surface area contributed by atoms with Crippen molar-refractivity contribution in [2.45, 2.75) is 25.4 Å². The molecule has 0 aromatic heterocycles. The second-order valence-corrected chi connectivity index (χ2v) is 4.86. The average molecular weight is 299 g/mol. The molecule has 5 heteroatoms. The van der Waals surface area contributed by atoms with E-state index >= 15 is 0 Å². The molecule has 1 aromatic carbocycles. The molecule has 17 heavy (non-hydrogen) atoms. The first-order chi connectivity index (χ1) is 8.08. The van der Waals surface area contributed by atoms with Crippen molar-refractivity contribution < 1.29 is 19.4 Å². The molecule has 1 aliphatic carbocycles. The Hall–Kier alpha value is -1.36. The molecule has 1 aromatic rings. The van der Waals surface area contributed by atoms with Crippen LogP contribution in [0.1, 0.15) is 29.6 Å². The Balaban J connectivity index is 2.29. The van der Waals surface area contributed by atoms with Crippen molar-refractivity contribution in [3.63, 3.8) is 0 Å². The van der Waals surface area contributed by atoms with Gasteiger partial charge >= 0.3 is 5.97 Å². The molecule has 1 saturated carbocycles. The van der Waals surface area contributed by atoms with Gasteiger partial charge in [0.1, 0.15) is 5.75 Å². The Kier molecular flexibility index (Phi) is 3.47. The van der Waals surface area contributed by atoms with Crippen LogP contribution in [-0.4, -0.2) is 23.0 Å². The first kappa shape index (κ1) is 12.1. The fourth-order valence-corrected chi connectivity index (χ4v) is 1.93. The maximum absolute atomic E-state index is 11.5. The summed E-state index contributed by atoms with van der Waals surface area (Å²) in [5, 5.41) is 8.74. The SMILES string of the molecule is O=C(O)C(=O)c1cc(Br)ccc1OC1CCC1. The molecule has 1 N–H and O–H groups in total. The number of carbonyl (C=O) groups excluding carboxylic acids is 1. The highest BCUT2D eigenvalue weighted by Crippen LogP contribution is 2.29. The van der Waals surface area contributed by atoms with E-state index in [1.807, 2.05) is 0 Å². The molecule has 90 valence electrons. The van der Waals surface area contributed by atoms with Gasteiger partial charge in [-0.25, -0.2) is 4.79 Å². The molecular weight excluding hydrogens is 288 g/mol. The van der Waals surface area contributed by atoms with Gasteiger partial charge in [-0.2, -0.15) is 0 Å². The molecule has 0 amide bonds. The molecule has 0 bridgehead atoms. The highest BCUT2D eigenvalue weighted by atomic mass is 79.9. The molecule has 1 fully saturated rings. The molecule has 0 spiro atoms. The summed E-state index contributed by atoms with van der Waals surface area (Å²) in [5.41, 5.74) is 0.0961. The number of benzene rings is 1. The monoisotopic (exact) mass is 298 g/mol. The first-order valence-corrected chi connectivity index (χ1v) is 6.11. The van der Waals surface area contributed by atoms with E-state index in [-0.39, 0.29) is 11.7 Å². The van der Waals surface area contributed by atoms with Gasteiger partial charge < -0.3 is 9.84 Å². The van der Waals surface area contributed by atoms with Crippen LogP contribution in [0.4, 0.5) is 0 Å². The van der Waals surface area contributed by atoms with Crippen molar-refractivity contribution in [3.05, 3.63) is 28.2 Å². The van der Waals surface area contributed by atoms with E-state index in [1.165, 1.54) is 6.07 Å². The summed E-state index contributed by atoms with van der Waals surface area (Å²) in [6.07, 6.45) is 3.13. The lowest BCUT2D eigenvalue weighted by Crippen LogP contribution is -2.26. The first-order valence-electron chi connectivity index (χ1n) is 5.32. The molecule has 0 heterocycles. The number of ketones is 1. The van der Waals surface area contributed by atoms with Crippen molar-refractivity contribution in [1.29, 1.82) is 0 Å². The van der Waals surface area contributed by atoms with Crippen molar-refractivity contribution in [2.24, 2.45) is 0 Å². The molecule has 0 radical (unpaired) electrons. The van der Waals surface area contributed by atoms with Crippen molar-refractivity contribution in [1.82, 2.24) is 0 Å². The van der Waals surface area contributed by atoms with Crippen molar-refractivity contribution in [3.8, 4) is 5.75 Å². The van der Waals surface area contributed by atoms with Crippen molar-refractivity contribution in [2.75, 3.05) is 0 Å². The number of Topliss-reactive ketones (excluding diaryl/α,β-unsaturated/α-hetero) is 1. The predicted molar refractivity (Wildman–Crippen MR) is 64.4 cm³/mol. The Bertz CT molecular complexity index is 466. The fourth-order valence-electron chi connectivity index (χ4n) is 1.57. The molecule has 0 unspecified atom stereocenters. The number of aliphatic carboxylic acids is 1. The largest absolute Gasteiger partial charge is 0.490 e. The highest BCUT2D eigenvalue weighted by Gasteiger charge is 2.24. The van der Waals surface area contributed by atoms with Crippen LogP contribution in [0.25, 0.3) is 0 Å². The molecule has 1 aliphatic rings. The van der Waals surface area contributed by atoms with Crippen LogP contribution in [0.15, 0.2) is 22.7 Å². The summed E-state index contributed by atoms with van der Waals surface area (Å²) in [6, 6.07) is 4.83. The van der Waals surface area contributed by atoms with Gasteiger partial charge in [-0.05, 0) is 37.5 Å². The number of carbonyl (C=O) groups is 2. The van der Waals surface area contributed by atoms with E-state index in [9.17, 15) is 9.59 Å². The van der Waals surface area contributed by atoms with E-state index in [4.69, 9.17) is 9.84 Å². The second kappa shape index (κ2) is 4.87. The van der Waals surface area contributed by atoms with E-state index in [0.717, 1.165) is 19.3 Å². The van der Waals surface area contributed by atoms with Gasteiger partial charge in [-0.15, -0.1) is 0 Å². The third-order valence-electron chi connectivity index (χ3n) is 2.73.